The van der Waals surface area contributed by atoms with Crippen molar-refractivity contribution >= 4 is 11.8 Å². The minimum absolute atomic E-state index is 0.0285. The van der Waals surface area contributed by atoms with Gasteiger partial charge in [-0.05, 0) is 25.0 Å². The fourth-order valence-electron chi connectivity index (χ4n) is 2.60. The van der Waals surface area contributed by atoms with E-state index in [1.807, 2.05) is 6.92 Å². The lowest BCUT2D eigenvalue weighted by atomic mass is 10.1. The van der Waals surface area contributed by atoms with E-state index >= 15 is 0 Å². The molecule has 0 radical (unpaired) electrons. The molecule has 1 aromatic rings. The lowest BCUT2D eigenvalue weighted by Gasteiger charge is -2.22. The third-order valence-electron chi connectivity index (χ3n) is 3.87. The van der Waals surface area contributed by atoms with Crippen LogP contribution in [0.3, 0.4) is 0 Å². The zero-order valence-electron chi connectivity index (χ0n) is 12.9. The second kappa shape index (κ2) is 7.48. The van der Waals surface area contributed by atoms with Crippen molar-refractivity contribution in [3.8, 4) is 0 Å². The summed E-state index contributed by atoms with van der Waals surface area (Å²) in [5.41, 5.74) is -0.489. The third kappa shape index (κ3) is 3.83. The average molecular weight is 328 g/mol. The Bertz CT molecular complexity index is 607. The molecule has 0 aliphatic carbocycles. The summed E-state index contributed by atoms with van der Waals surface area (Å²) in [6, 6.07) is 1.68. The fraction of sp³-hybridized carbons (Fsp3) is 0.500. The number of carbonyl (C=O) groups is 2. The van der Waals surface area contributed by atoms with Crippen molar-refractivity contribution in [1.82, 2.24) is 9.80 Å². The van der Waals surface area contributed by atoms with Gasteiger partial charge in [-0.2, -0.15) is 0 Å². The number of carbonyl (C=O) groups excluding carboxylic acids is 2. The molecule has 7 heteroatoms. The van der Waals surface area contributed by atoms with Gasteiger partial charge >= 0.3 is 0 Å². The summed E-state index contributed by atoms with van der Waals surface area (Å²) in [7, 11) is 0. The third-order valence-corrected chi connectivity index (χ3v) is 3.87. The molecule has 126 valence electrons. The molecule has 0 N–H and O–H groups in total. The van der Waals surface area contributed by atoms with Crippen LogP contribution in [-0.2, 0) is 4.79 Å². The standard InChI is InChI=1S/C16H19F3N2O2/c1-2-4-13(22)20-7-3-8-21(10-9-20)16(23)11-5-6-12(17)15(19)14(11)18/h5-6H,2-4,7-10H2,1H3. The van der Waals surface area contributed by atoms with Crippen LogP contribution < -0.4 is 0 Å². The molecule has 1 saturated heterocycles. The van der Waals surface area contributed by atoms with Crippen molar-refractivity contribution in [3.05, 3.63) is 35.1 Å². The molecule has 1 fully saturated rings. The molecular weight excluding hydrogens is 309 g/mol. The largest absolute Gasteiger partial charge is 0.341 e. The molecule has 1 aromatic carbocycles. The van der Waals surface area contributed by atoms with E-state index in [1.54, 1.807) is 4.90 Å². The summed E-state index contributed by atoms with van der Waals surface area (Å²) in [5, 5.41) is 0. The van der Waals surface area contributed by atoms with E-state index < -0.39 is 28.9 Å². The van der Waals surface area contributed by atoms with Crippen molar-refractivity contribution in [2.45, 2.75) is 26.2 Å². The molecule has 1 aliphatic heterocycles. The molecule has 0 unspecified atom stereocenters. The van der Waals surface area contributed by atoms with E-state index in [2.05, 4.69) is 0 Å². The number of nitrogens with zero attached hydrogens (tertiary/aromatic N) is 2. The quantitative estimate of drug-likeness (QED) is 0.800. The first kappa shape index (κ1) is 17.3. The molecule has 0 spiro atoms. The van der Waals surface area contributed by atoms with E-state index in [0.717, 1.165) is 18.6 Å². The van der Waals surface area contributed by atoms with Crippen molar-refractivity contribution in [2.24, 2.45) is 0 Å². The zero-order chi connectivity index (χ0) is 17.0. The maximum absolute atomic E-state index is 13.7. The monoisotopic (exact) mass is 328 g/mol. The number of hydrogen-bond donors (Lipinski definition) is 0. The Labute approximate surface area is 132 Å². The number of amides is 2. The molecule has 0 bridgehead atoms. The second-order valence-corrected chi connectivity index (χ2v) is 5.50. The Kier molecular flexibility index (Phi) is 5.63. The summed E-state index contributed by atoms with van der Waals surface area (Å²) < 4.78 is 40.0. The lowest BCUT2D eigenvalue weighted by molar-refractivity contribution is -0.131. The van der Waals surface area contributed by atoms with Crippen LogP contribution in [0.4, 0.5) is 13.2 Å². The van der Waals surface area contributed by atoms with Crippen LogP contribution in [0.1, 0.15) is 36.5 Å². The first-order valence-electron chi connectivity index (χ1n) is 7.66. The molecule has 4 nitrogen and oxygen atoms in total. The molecule has 1 heterocycles. The van der Waals surface area contributed by atoms with E-state index in [0.29, 0.717) is 32.5 Å². The molecule has 2 rings (SSSR count). The van der Waals surface area contributed by atoms with Gasteiger partial charge in [-0.25, -0.2) is 13.2 Å². The first-order chi connectivity index (χ1) is 11.0. The first-order valence-corrected chi connectivity index (χ1v) is 7.66. The second-order valence-electron chi connectivity index (χ2n) is 5.50. The predicted octanol–water partition coefficient (Wildman–Crippen LogP) is 2.58. The average Bonchev–Trinajstić information content (AvgIpc) is 2.78. The normalized spacial score (nSPS) is 15.5. The van der Waals surface area contributed by atoms with Crippen molar-refractivity contribution in [3.63, 3.8) is 0 Å². The van der Waals surface area contributed by atoms with Crippen molar-refractivity contribution in [1.29, 1.82) is 0 Å². The van der Waals surface area contributed by atoms with E-state index in [9.17, 15) is 22.8 Å². The smallest absolute Gasteiger partial charge is 0.257 e. The highest BCUT2D eigenvalue weighted by Crippen LogP contribution is 2.18. The summed E-state index contributed by atoms with van der Waals surface area (Å²) in [5.74, 6) is -5.11. The van der Waals surface area contributed by atoms with Crippen LogP contribution >= 0.6 is 0 Å². The van der Waals surface area contributed by atoms with Gasteiger partial charge in [0, 0.05) is 32.6 Å². The maximum atomic E-state index is 13.7. The van der Waals surface area contributed by atoms with Crippen LogP contribution in [0, 0.1) is 17.5 Å². The molecule has 2 amide bonds. The summed E-state index contributed by atoms with van der Waals surface area (Å²) >= 11 is 0. The predicted molar refractivity (Wildman–Crippen MR) is 78.3 cm³/mol. The van der Waals surface area contributed by atoms with E-state index in [4.69, 9.17) is 0 Å². The SMILES string of the molecule is CCCC(=O)N1CCCN(C(=O)c2ccc(F)c(F)c2F)CC1. The summed E-state index contributed by atoms with van der Waals surface area (Å²) in [6.45, 7) is 3.38. The Morgan fingerprint density at radius 1 is 1.00 bits per heavy atom. The highest BCUT2D eigenvalue weighted by Gasteiger charge is 2.26. The number of halogens is 3. The molecule has 0 atom stereocenters. The van der Waals surface area contributed by atoms with Gasteiger partial charge in [-0.1, -0.05) is 6.92 Å². The van der Waals surface area contributed by atoms with Gasteiger partial charge < -0.3 is 9.80 Å². The number of hydrogen-bond acceptors (Lipinski definition) is 2. The highest BCUT2D eigenvalue weighted by atomic mass is 19.2. The van der Waals surface area contributed by atoms with Crippen molar-refractivity contribution < 1.29 is 22.8 Å². The summed E-state index contributed by atoms with van der Waals surface area (Å²) in [6.07, 6.45) is 1.76. The number of rotatable bonds is 3. The van der Waals surface area contributed by atoms with Gasteiger partial charge in [0.2, 0.25) is 5.91 Å². The van der Waals surface area contributed by atoms with E-state index in [1.165, 1.54) is 4.90 Å². The van der Waals surface area contributed by atoms with Gasteiger partial charge in [0.05, 0.1) is 5.56 Å². The Morgan fingerprint density at radius 3 is 2.35 bits per heavy atom. The molecule has 1 aliphatic rings. The van der Waals surface area contributed by atoms with Gasteiger partial charge in [0.25, 0.3) is 5.91 Å². The lowest BCUT2D eigenvalue weighted by Crippen LogP contribution is -2.37. The Hall–Kier alpha value is -2.05. The van der Waals surface area contributed by atoms with E-state index in [-0.39, 0.29) is 12.5 Å². The van der Waals surface area contributed by atoms with Crippen LogP contribution in [0.2, 0.25) is 0 Å². The summed E-state index contributed by atoms with van der Waals surface area (Å²) in [4.78, 5) is 27.3. The van der Waals surface area contributed by atoms with Crippen LogP contribution in [-0.4, -0.2) is 47.8 Å². The minimum Gasteiger partial charge on any atom is -0.341 e. The minimum atomic E-state index is -1.65. The molecule has 0 saturated carbocycles. The van der Waals surface area contributed by atoms with Gasteiger partial charge in [0.1, 0.15) is 0 Å². The Morgan fingerprint density at radius 2 is 1.65 bits per heavy atom. The number of benzene rings is 1. The van der Waals surface area contributed by atoms with Crippen LogP contribution in [0.5, 0.6) is 0 Å². The molecule has 0 aromatic heterocycles. The molecule has 23 heavy (non-hydrogen) atoms. The van der Waals surface area contributed by atoms with Gasteiger partial charge in [-0.3, -0.25) is 9.59 Å². The van der Waals surface area contributed by atoms with Crippen molar-refractivity contribution in [2.75, 3.05) is 26.2 Å². The topological polar surface area (TPSA) is 40.6 Å². The highest BCUT2D eigenvalue weighted by molar-refractivity contribution is 5.94. The Balaban J connectivity index is 2.09. The molecular formula is C16H19F3N2O2. The van der Waals surface area contributed by atoms with Gasteiger partial charge in [-0.15, -0.1) is 0 Å². The fourth-order valence-corrected chi connectivity index (χ4v) is 2.60. The maximum Gasteiger partial charge on any atom is 0.257 e. The van der Waals surface area contributed by atoms with Gasteiger partial charge in [0.15, 0.2) is 17.5 Å². The van der Waals surface area contributed by atoms with Crippen LogP contribution in [0.25, 0.3) is 0 Å². The zero-order valence-corrected chi connectivity index (χ0v) is 12.9. The van der Waals surface area contributed by atoms with Crippen LogP contribution in [0.15, 0.2) is 12.1 Å².